The molecule has 2 aliphatic rings. The largest absolute Gasteiger partial charge is 0.485 e. The number of fused-ring (bicyclic) bond motifs is 2. The van der Waals surface area contributed by atoms with E-state index in [0.29, 0.717) is 18.0 Å². The molecule has 0 fully saturated rings. The monoisotopic (exact) mass is 411 g/mol. The number of benzene rings is 2. The number of hydrogen-bond acceptors (Lipinski definition) is 5. The second-order valence-electron chi connectivity index (χ2n) is 6.78. The van der Waals surface area contributed by atoms with Crippen molar-refractivity contribution in [2.75, 3.05) is 12.4 Å². The zero-order valence-corrected chi connectivity index (χ0v) is 16.2. The maximum Gasteiger partial charge on any atom is 0.265 e. The first kappa shape index (κ1) is 18.1. The number of thioether (sulfide) groups is 1. The lowest BCUT2D eigenvalue weighted by Crippen LogP contribution is -2.43. The molecule has 6 nitrogen and oxygen atoms in total. The predicted molar refractivity (Wildman–Crippen MR) is 107 cm³/mol. The number of halogens is 1. The summed E-state index contributed by atoms with van der Waals surface area (Å²) in [4.78, 5) is 17.4. The van der Waals surface area contributed by atoms with Crippen molar-refractivity contribution in [3.05, 3.63) is 60.0 Å². The van der Waals surface area contributed by atoms with Crippen LogP contribution in [-0.2, 0) is 17.9 Å². The van der Waals surface area contributed by atoms with E-state index in [4.69, 9.17) is 14.5 Å². The molecule has 0 saturated carbocycles. The maximum atomic E-state index is 13.3. The minimum atomic E-state index is -0.713. The summed E-state index contributed by atoms with van der Waals surface area (Å²) in [5.74, 6) is 1.61. The van der Waals surface area contributed by atoms with Crippen molar-refractivity contribution in [1.82, 2.24) is 14.9 Å². The van der Waals surface area contributed by atoms with E-state index in [-0.39, 0.29) is 18.3 Å². The highest BCUT2D eigenvalue weighted by molar-refractivity contribution is 7.99. The fourth-order valence-electron chi connectivity index (χ4n) is 3.48. The van der Waals surface area contributed by atoms with Crippen LogP contribution in [0.25, 0.3) is 11.3 Å². The molecule has 0 spiro atoms. The number of amides is 1. The van der Waals surface area contributed by atoms with E-state index < -0.39 is 6.10 Å². The van der Waals surface area contributed by atoms with Gasteiger partial charge in [0.1, 0.15) is 12.4 Å². The Hall–Kier alpha value is -3.00. The molecule has 1 amide bonds. The van der Waals surface area contributed by atoms with E-state index in [0.717, 1.165) is 34.4 Å². The van der Waals surface area contributed by atoms with Crippen LogP contribution in [0.15, 0.2) is 53.7 Å². The van der Waals surface area contributed by atoms with Crippen LogP contribution in [0.4, 0.5) is 4.39 Å². The first-order chi connectivity index (χ1) is 14.2. The van der Waals surface area contributed by atoms with Crippen LogP contribution in [0, 0.1) is 5.82 Å². The number of carbonyl (C=O) groups is 1. The van der Waals surface area contributed by atoms with Gasteiger partial charge in [-0.3, -0.25) is 4.79 Å². The van der Waals surface area contributed by atoms with Gasteiger partial charge in [0.05, 0.1) is 17.9 Å². The fraction of sp³-hybridized carbons (Fsp3) is 0.238. The number of ether oxygens (including phenoxy) is 2. The lowest BCUT2D eigenvalue weighted by molar-refractivity contribution is -0.130. The van der Waals surface area contributed by atoms with Crippen molar-refractivity contribution in [3.8, 4) is 22.8 Å². The Morgan fingerprint density at radius 2 is 2.00 bits per heavy atom. The molecule has 148 valence electrons. The third-order valence-electron chi connectivity index (χ3n) is 4.93. The molecule has 0 saturated heterocycles. The summed E-state index contributed by atoms with van der Waals surface area (Å²) in [6.07, 6.45) is -0.713. The van der Waals surface area contributed by atoms with Crippen LogP contribution in [0.1, 0.15) is 5.69 Å². The number of nitrogens with one attached hydrogen (secondary N) is 1. The van der Waals surface area contributed by atoms with Crippen LogP contribution >= 0.6 is 11.8 Å². The van der Waals surface area contributed by atoms with Gasteiger partial charge in [-0.2, -0.15) is 0 Å². The van der Waals surface area contributed by atoms with Gasteiger partial charge in [-0.1, -0.05) is 23.9 Å². The molecule has 0 radical (unpaired) electrons. The van der Waals surface area contributed by atoms with Crippen molar-refractivity contribution in [2.24, 2.45) is 0 Å². The lowest BCUT2D eigenvalue weighted by atomic mass is 10.1. The molecule has 8 heteroatoms. The summed E-state index contributed by atoms with van der Waals surface area (Å²) >= 11 is 1.68. The number of para-hydroxylation sites is 2. The molecule has 1 aromatic heterocycles. The van der Waals surface area contributed by atoms with E-state index in [1.807, 2.05) is 18.2 Å². The number of nitrogens with zero attached hydrogens (tertiary/aromatic N) is 2. The molecule has 1 atom stereocenters. The third-order valence-corrected chi connectivity index (χ3v) is 5.89. The van der Waals surface area contributed by atoms with E-state index in [2.05, 4.69) is 9.88 Å². The van der Waals surface area contributed by atoms with Crippen LogP contribution in [0.5, 0.6) is 11.5 Å². The Kier molecular flexibility index (Phi) is 4.63. The Balaban J connectivity index is 1.34. The molecular weight excluding hydrogens is 393 g/mol. The lowest BCUT2D eigenvalue weighted by Gasteiger charge is -2.25. The van der Waals surface area contributed by atoms with Gasteiger partial charge in [0.25, 0.3) is 5.91 Å². The number of carbonyl (C=O) groups excluding carboxylic acids is 1. The summed E-state index contributed by atoms with van der Waals surface area (Å²) in [6.45, 7) is 1.30. The Bertz CT molecular complexity index is 1070. The van der Waals surface area contributed by atoms with Crippen molar-refractivity contribution in [2.45, 2.75) is 24.3 Å². The highest BCUT2D eigenvalue weighted by Gasteiger charge is 2.28. The van der Waals surface area contributed by atoms with Crippen molar-refractivity contribution >= 4 is 17.7 Å². The molecule has 5 rings (SSSR count). The zero-order valence-electron chi connectivity index (χ0n) is 15.4. The van der Waals surface area contributed by atoms with E-state index in [9.17, 15) is 9.18 Å². The summed E-state index contributed by atoms with van der Waals surface area (Å²) in [5, 5.41) is 3.87. The van der Waals surface area contributed by atoms with Gasteiger partial charge in [-0.05, 0) is 36.4 Å². The second kappa shape index (κ2) is 7.44. The minimum absolute atomic E-state index is 0.161. The van der Waals surface area contributed by atoms with Crippen LogP contribution in [-0.4, -0.2) is 33.9 Å². The first-order valence-corrected chi connectivity index (χ1v) is 10.3. The van der Waals surface area contributed by atoms with Crippen LogP contribution in [0.3, 0.4) is 0 Å². The Morgan fingerprint density at radius 1 is 1.21 bits per heavy atom. The zero-order chi connectivity index (χ0) is 19.8. The van der Waals surface area contributed by atoms with Crippen LogP contribution < -0.4 is 14.8 Å². The number of imidazole rings is 1. The van der Waals surface area contributed by atoms with Gasteiger partial charge < -0.3 is 19.4 Å². The molecule has 2 aliphatic heterocycles. The number of rotatable bonds is 4. The van der Waals surface area contributed by atoms with Gasteiger partial charge in [-0.25, -0.2) is 9.37 Å². The van der Waals surface area contributed by atoms with Crippen molar-refractivity contribution in [1.29, 1.82) is 0 Å². The van der Waals surface area contributed by atoms with E-state index >= 15 is 0 Å². The normalized spacial score (nSPS) is 17.1. The van der Waals surface area contributed by atoms with Crippen molar-refractivity contribution < 1.29 is 18.7 Å². The second-order valence-corrected chi connectivity index (χ2v) is 7.84. The Morgan fingerprint density at radius 3 is 2.83 bits per heavy atom. The highest BCUT2D eigenvalue weighted by Crippen LogP contribution is 2.34. The van der Waals surface area contributed by atoms with Crippen molar-refractivity contribution in [3.63, 3.8) is 0 Å². The van der Waals surface area contributed by atoms with Gasteiger partial charge in [0.2, 0.25) is 6.10 Å². The fourth-order valence-corrected chi connectivity index (χ4v) is 4.45. The summed E-state index contributed by atoms with van der Waals surface area (Å²) in [5.41, 5.74) is 2.49. The van der Waals surface area contributed by atoms with Gasteiger partial charge in [0, 0.05) is 17.9 Å². The maximum absolute atomic E-state index is 13.3. The van der Waals surface area contributed by atoms with Gasteiger partial charge >= 0.3 is 0 Å². The molecule has 3 aromatic rings. The average Bonchev–Trinajstić information content (AvgIpc) is 3.34. The van der Waals surface area contributed by atoms with Crippen LogP contribution in [0.2, 0.25) is 0 Å². The van der Waals surface area contributed by atoms with E-state index in [1.54, 1.807) is 30.0 Å². The average molecular weight is 411 g/mol. The Labute approximate surface area is 171 Å². The topological polar surface area (TPSA) is 65.4 Å². The first-order valence-electron chi connectivity index (χ1n) is 9.33. The van der Waals surface area contributed by atoms with Gasteiger partial charge in [-0.15, -0.1) is 0 Å². The van der Waals surface area contributed by atoms with E-state index in [1.165, 1.54) is 12.1 Å². The molecule has 29 heavy (non-hydrogen) atoms. The van der Waals surface area contributed by atoms with Gasteiger partial charge in [0.15, 0.2) is 16.7 Å². The molecule has 2 aromatic carbocycles. The third kappa shape index (κ3) is 3.44. The standard InChI is InChI=1S/C21H18FN3O3S/c22-14-7-5-13(6-8-14)19-15(25-9-10-29-21(25)24-19)11-23-20(26)18-12-27-16-3-1-2-4-17(16)28-18/h1-8,18H,9-12H2,(H,23,26). The molecule has 0 bridgehead atoms. The predicted octanol–water partition coefficient (Wildman–Crippen LogP) is 3.25. The summed E-state index contributed by atoms with van der Waals surface area (Å²) in [6, 6.07) is 13.5. The smallest absolute Gasteiger partial charge is 0.265 e. The molecule has 0 aliphatic carbocycles. The molecule has 3 heterocycles. The SMILES string of the molecule is O=C(NCc1c(-c2ccc(F)cc2)nc2n1CCS2)C1COc2ccccc2O1. The number of aromatic nitrogens is 2. The highest BCUT2D eigenvalue weighted by atomic mass is 32.2. The molecule has 1 N–H and O–H groups in total. The molecular formula is C21H18FN3O3S. The minimum Gasteiger partial charge on any atom is -0.485 e. The molecule has 1 unspecified atom stereocenters. The summed E-state index contributed by atoms with van der Waals surface area (Å²) < 4.78 is 26.8. The quantitative estimate of drug-likeness (QED) is 0.714. The summed E-state index contributed by atoms with van der Waals surface area (Å²) in [7, 11) is 0. The number of hydrogen-bond donors (Lipinski definition) is 1.